The molecule has 446 valence electrons. The summed E-state index contributed by atoms with van der Waals surface area (Å²) in [6.45, 7) is 6.66. The quantitative estimate of drug-likeness (QED) is 0.0261. The van der Waals surface area contributed by atoms with E-state index in [1.54, 1.807) is 0 Å². The summed E-state index contributed by atoms with van der Waals surface area (Å²) in [7, 11) is 0. The first-order valence-electron chi connectivity index (χ1n) is 34.0. The molecular weight excluding hydrogens is 937 g/mol. The van der Waals surface area contributed by atoms with Crippen LogP contribution < -0.4 is 0 Å². The van der Waals surface area contributed by atoms with E-state index in [2.05, 4.69) is 57.2 Å². The standard InChI is InChI=1S/C70H130O6/c1-4-7-10-13-16-19-22-25-27-29-30-31-32-33-34-35-36-37-38-39-40-42-43-45-48-51-54-57-60-63-69(72)75-66-67(65-74-68(71)62-59-56-53-50-47-24-21-18-15-12-9-6-3)76-70(73)64-61-58-55-52-49-46-44-41-28-26-23-20-17-14-11-8-5-2/h18,21-22,25,29-30,67H,4-17,19-20,23-24,26-28,31-66H2,1-3H3/b21-18-,25-22-,30-29-. The Morgan fingerprint density at radius 2 is 0.474 bits per heavy atom. The molecule has 0 spiro atoms. The van der Waals surface area contributed by atoms with Crippen molar-refractivity contribution < 1.29 is 28.6 Å². The lowest BCUT2D eigenvalue weighted by atomic mass is 10.0. The first-order chi connectivity index (χ1) is 37.5. The predicted octanol–water partition coefficient (Wildman–Crippen LogP) is 23.2. The van der Waals surface area contributed by atoms with E-state index >= 15 is 0 Å². The molecule has 0 heterocycles. The van der Waals surface area contributed by atoms with Crippen molar-refractivity contribution in [3.05, 3.63) is 36.5 Å². The molecule has 0 radical (unpaired) electrons. The summed E-state index contributed by atoms with van der Waals surface area (Å²) in [5.41, 5.74) is 0. The van der Waals surface area contributed by atoms with E-state index < -0.39 is 6.10 Å². The van der Waals surface area contributed by atoms with Crippen LogP contribution in [0.5, 0.6) is 0 Å². The lowest BCUT2D eigenvalue weighted by Crippen LogP contribution is -2.30. The molecule has 0 saturated heterocycles. The van der Waals surface area contributed by atoms with Crippen molar-refractivity contribution >= 4 is 17.9 Å². The first-order valence-corrected chi connectivity index (χ1v) is 34.0. The molecule has 0 N–H and O–H groups in total. The highest BCUT2D eigenvalue weighted by Gasteiger charge is 2.19. The van der Waals surface area contributed by atoms with Crippen molar-refractivity contribution in [3.8, 4) is 0 Å². The number of unbranched alkanes of at least 4 members (excludes halogenated alkanes) is 46. The Balaban J connectivity index is 4.15. The normalized spacial score (nSPS) is 12.2. The number of rotatable bonds is 63. The minimum Gasteiger partial charge on any atom is -0.462 e. The van der Waals surface area contributed by atoms with E-state index in [1.807, 2.05) is 0 Å². The molecule has 6 heteroatoms. The van der Waals surface area contributed by atoms with E-state index in [0.717, 1.165) is 70.6 Å². The largest absolute Gasteiger partial charge is 0.462 e. The van der Waals surface area contributed by atoms with Gasteiger partial charge in [-0.05, 0) is 77.0 Å². The maximum Gasteiger partial charge on any atom is 0.306 e. The molecule has 0 aromatic rings. The molecule has 76 heavy (non-hydrogen) atoms. The van der Waals surface area contributed by atoms with Crippen LogP contribution in [0, 0.1) is 0 Å². The number of ether oxygens (including phenoxy) is 3. The second-order valence-corrected chi connectivity index (χ2v) is 23.1. The Hall–Kier alpha value is -2.37. The fourth-order valence-electron chi connectivity index (χ4n) is 10.2. The van der Waals surface area contributed by atoms with Crippen molar-refractivity contribution in [1.29, 1.82) is 0 Å². The molecule has 1 unspecified atom stereocenters. The van der Waals surface area contributed by atoms with Gasteiger partial charge in [-0.2, -0.15) is 0 Å². The van der Waals surface area contributed by atoms with E-state index in [-0.39, 0.29) is 31.1 Å². The predicted molar refractivity (Wildman–Crippen MR) is 330 cm³/mol. The zero-order valence-electron chi connectivity index (χ0n) is 51.3. The van der Waals surface area contributed by atoms with E-state index in [9.17, 15) is 14.4 Å². The molecule has 0 amide bonds. The van der Waals surface area contributed by atoms with Crippen LogP contribution in [-0.4, -0.2) is 37.2 Å². The maximum absolute atomic E-state index is 12.9. The van der Waals surface area contributed by atoms with Crippen LogP contribution in [0.25, 0.3) is 0 Å². The summed E-state index contributed by atoms with van der Waals surface area (Å²) in [5, 5.41) is 0. The number of carbonyl (C=O) groups is 3. The molecule has 0 bridgehead atoms. The fraction of sp³-hybridized carbons (Fsp3) is 0.871. The molecule has 0 saturated carbocycles. The third-order valence-electron chi connectivity index (χ3n) is 15.4. The minimum atomic E-state index is -0.772. The summed E-state index contributed by atoms with van der Waals surface area (Å²) >= 11 is 0. The van der Waals surface area contributed by atoms with Gasteiger partial charge in [0, 0.05) is 19.3 Å². The van der Waals surface area contributed by atoms with Gasteiger partial charge in [-0.3, -0.25) is 14.4 Å². The Kier molecular flexibility index (Phi) is 63.1. The molecule has 0 fully saturated rings. The van der Waals surface area contributed by atoms with Gasteiger partial charge in [0.2, 0.25) is 0 Å². The Morgan fingerprint density at radius 3 is 0.763 bits per heavy atom. The number of carbonyl (C=O) groups excluding carboxylic acids is 3. The molecule has 6 nitrogen and oxygen atoms in total. The van der Waals surface area contributed by atoms with E-state index in [0.29, 0.717) is 19.3 Å². The van der Waals surface area contributed by atoms with Crippen molar-refractivity contribution in [2.75, 3.05) is 13.2 Å². The highest BCUT2D eigenvalue weighted by atomic mass is 16.6. The molecule has 0 aliphatic carbocycles. The van der Waals surface area contributed by atoms with E-state index in [4.69, 9.17) is 14.2 Å². The highest BCUT2D eigenvalue weighted by Crippen LogP contribution is 2.18. The Bertz CT molecular complexity index is 1270. The SMILES string of the molecule is CCCCC/C=C\CCCCCCCC(=O)OCC(COC(=O)CCCCCCCCCCCCCCCCCCC/C=C\C/C=C\CCCCCCC)OC(=O)CCCCCCCCCCCCCCCCCCC. The van der Waals surface area contributed by atoms with Crippen molar-refractivity contribution in [1.82, 2.24) is 0 Å². The number of esters is 3. The van der Waals surface area contributed by atoms with Crippen LogP contribution >= 0.6 is 0 Å². The van der Waals surface area contributed by atoms with Gasteiger partial charge in [0.25, 0.3) is 0 Å². The lowest BCUT2D eigenvalue weighted by Gasteiger charge is -2.18. The van der Waals surface area contributed by atoms with Crippen LogP contribution in [0.15, 0.2) is 36.5 Å². The van der Waals surface area contributed by atoms with E-state index in [1.165, 1.54) is 263 Å². The highest BCUT2D eigenvalue weighted by molar-refractivity contribution is 5.71. The molecule has 0 aromatic heterocycles. The molecular formula is C70H130O6. The van der Waals surface area contributed by atoms with Crippen molar-refractivity contribution in [2.24, 2.45) is 0 Å². The lowest BCUT2D eigenvalue weighted by molar-refractivity contribution is -0.167. The third kappa shape index (κ3) is 62.5. The monoisotopic (exact) mass is 1070 g/mol. The molecule has 1 atom stereocenters. The Morgan fingerprint density at radius 1 is 0.263 bits per heavy atom. The van der Waals surface area contributed by atoms with Gasteiger partial charge in [-0.15, -0.1) is 0 Å². The third-order valence-corrected chi connectivity index (χ3v) is 15.4. The average Bonchev–Trinajstić information content (AvgIpc) is 3.42. The second kappa shape index (κ2) is 65.2. The molecule has 0 aliphatic rings. The number of allylic oxidation sites excluding steroid dienone is 6. The molecule has 0 aromatic carbocycles. The number of hydrogen-bond acceptors (Lipinski definition) is 6. The second-order valence-electron chi connectivity index (χ2n) is 23.1. The van der Waals surface area contributed by atoms with Gasteiger partial charge in [0.15, 0.2) is 6.10 Å². The summed E-state index contributed by atoms with van der Waals surface area (Å²) in [4.78, 5) is 38.3. The smallest absolute Gasteiger partial charge is 0.306 e. The van der Waals surface area contributed by atoms with Gasteiger partial charge in [-0.25, -0.2) is 0 Å². The summed E-state index contributed by atoms with van der Waals surface area (Å²) in [6.07, 6.45) is 80.3. The fourth-order valence-corrected chi connectivity index (χ4v) is 10.2. The van der Waals surface area contributed by atoms with Crippen LogP contribution in [0.2, 0.25) is 0 Å². The molecule has 0 rings (SSSR count). The molecule has 0 aliphatic heterocycles. The van der Waals surface area contributed by atoms with Gasteiger partial charge >= 0.3 is 17.9 Å². The summed E-state index contributed by atoms with van der Waals surface area (Å²) in [6, 6.07) is 0. The first kappa shape index (κ1) is 73.6. The summed E-state index contributed by atoms with van der Waals surface area (Å²) in [5.74, 6) is -0.852. The van der Waals surface area contributed by atoms with Crippen LogP contribution in [0.4, 0.5) is 0 Å². The minimum absolute atomic E-state index is 0.0692. The Labute approximate surface area is 474 Å². The maximum atomic E-state index is 12.9. The van der Waals surface area contributed by atoms with Crippen molar-refractivity contribution in [3.63, 3.8) is 0 Å². The van der Waals surface area contributed by atoms with Crippen LogP contribution in [0.1, 0.15) is 374 Å². The number of hydrogen-bond donors (Lipinski definition) is 0. The van der Waals surface area contributed by atoms with Gasteiger partial charge in [0.05, 0.1) is 0 Å². The van der Waals surface area contributed by atoms with Crippen molar-refractivity contribution in [2.45, 2.75) is 380 Å². The van der Waals surface area contributed by atoms with Gasteiger partial charge in [-0.1, -0.05) is 314 Å². The summed E-state index contributed by atoms with van der Waals surface area (Å²) < 4.78 is 16.9. The van der Waals surface area contributed by atoms with Gasteiger partial charge in [0.1, 0.15) is 13.2 Å². The van der Waals surface area contributed by atoms with Crippen LogP contribution in [-0.2, 0) is 28.6 Å². The topological polar surface area (TPSA) is 78.9 Å². The zero-order valence-corrected chi connectivity index (χ0v) is 51.3. The van der Waals surface area contributed by atoms with Crippen LogP contribution in [0.3, 0.4) is 0 Å². The zero-order chi connectivity index (χ0) is 55.0. The average molecular weight is 1070 g/mol. The van der Waals surface area contributed by atoms with Gasteiger partial charge < -0.3 is 14.2 Å².